The second-order valence-corrected chi connectivity index (χ2v) is 7.88. The Balaban J connectivity index is 1.54. The lowest BCUT2D eigenvalue weighted by Crippen LogP contribution is -2.31. The van der Waals surface area contributed by atoms with Crippen LogP contribution in [0, 0.1) is 20.8 Å². The molecule has 0 radical (unpaired) electrons. The van der Waals surface area contributed by atoms with E-state index in [1.54, 1.807) is 0 Å². The average Bonchev–Trinajstić information content (AvgIpc) is 3.25. The fourth-order valence-corrected chi connectivity index (χ4v) is 4.14. The number of aliphatic hydroxyl groups is 1. The van der Waals surface area contributed by atoms with E-state index in [1.807, 2.05) is 18.3 Å². The van der Waals surface area contributed by atoms with E-state index in [1.165, 1.54) is 22.3 Å². The average molecular weight is 361 g/mol. The SMILES string of the molecule is Cc1ccc(-c2[nH]ncc2CN2CC[C@](O)(c3ccccc3C)C2)cc1C. The molecule has 4 rings (SSSR count). The summed E-state index contributed by atoms with van der Waals surface area (Å²) in [6, 6.07) is 14.7. The van der Waals surface area contributed by atoms with Crippen molar-refractivity contribution in [1.29, 1.82) is 0 Å². The molecule has 0 unspecified atom stereocenters. The quantitative estimate of drug-likeness (QED) is 0.736. The van der Waals surface area contributed by atoms with Crippen molar-refractivity contribution in [2.45, 2.75) is 39.3 Å². The number of aromatic amines is 1. The number of hydrogen-bond donors (Lipinski definition) is 2. The lowest BCUT2D eigenvalue weighted by Gasteiger charge is -2.25. The van der Waals surface area contributed by atoms with E-state index in [0.29, 0.717) is 6.54 Å². The number of H-pyrrole nitrogens is 1. The monoisotopic (exact) mass is 361 g/mol. The highest BCUT2D eigenvalue weighted by molar-refractivity contribution is 5.64. The summed E-state index contributed by atoms with van der Waals surface area (Å²) in [5, 5.41) is 18.7. The number of likely N-dealkylation sites (tertiary alicyclic amines) is 1. The standard InChI is InChI=1S/C23H27N3O/c1-16-8-9-19(12-18(16)3)22-20(13-24-25-22)14-26-11-10-23(27,15-26)21-7-5-4-6-17(21)2/h4-9,12-13,27H,10-11,14-15H2,1-3H3,(H,24,25)/t23-/m1/s1. The second kappa shape index (κ2) is 6.95. The van der Waals surface area contributed by atoms with Gasteiger partial charge in [-0.05, 0) is 55.5 Å². The number of nitrogens with zero attached hydrogens (tertiary/aromatic N) is 2. The van der Waals surface area contributed by atoms with Crippen molar-refractivity contribution >= 4 is 0 Å². The number of rotatable bonds is 4. The molecule has 4 heteroatoms. The number of aromatic nitrogens is 2. The molecule has 1 aromatic heterocycles. The molecule has 2 aromatic carbocycles. The van der Waals surface area contributed by atoms with Gasteiger partial charge in [-0.3, -0.25) is 10.00 Å². The Hall–Kier alpha value is -2.43. The number of aryl methyl sites for hydroxylation is 3. The minimum atomic E-state index is -0.768. The van der Waals surface area contributed by atoms with Crippen molar-refractivity contribution in [2.24, 2.45) is 0 Å². The van der Waals surface area contributed by atoms with Crippen LogP contribution in [0.15, 0.2) is 48.7 Å². The van der Waals surface area contributed by atoms with E-state index in [4.69, 9.17) is 0 Å². The Morgan fingerprint density at radius 1 is 1.07 bits per heavy atom. The molecule has 0 amide bonds. The first-order valence-corrected chi connectivity index (χ1v) is 9.57. The van der Waals surface area contributed by atoms with Crippen LogP contribution in [0.1, 0.15) is 34.2 Å². The summed E-state index contributed by atoms with van der Waals surface area (Å²) < 4.78 is 0. The van der Waals surface area contributed by atoms with Gasteiger partial charge in [-0.2, -0.15) is 5.10 Å². The number of β-amino-alcohol motifs (C(OH)–C–C–N with tert-alkyl or cyclic N) is 1. The van der Waals surface area contributed by atoms with Crippen LogP contribution < -0.4 is 0 Å². The minimum Gasteiger partial charge on any atom is -0.384 e. The summed E-state index contributed by atoms with van der Waals surface area (Å²) in [6.07, 6.45) is 2.67. The maximum atomic E-state index is 11.2. The third-order valence-electron chi connectivity index (χ3n) is 5.88. The zero-order chi connectivity index (χ0) is 19.0. The molecule has 3 aromatic rings. The summed E-state index contributed by atoms with van der Waals surface area (Å²) in [5.41, 5.74) is 7.42. The van der Waals surface area contributed by atoms with Gasteiger partial charge in [-0.1, -0.05) is 36.4 Å². The largest absolute Gasteiger partial charge is 0.384 e. The number of nitrogens with one attached hydrogen (secondary N) is 1. The van der Waals surface area contributed by atoms with Gasteiger partial charge in [0.05, 0.1) is 11.9 Å². The summed E-state index contributed by atoms with van der Waals surface area (Å²) >= 11 is 0. The molecule has 1 aliphatic heterocycles. The molecule has 0 saturated carbocycles. The smallest absolute Gasteiger partial charge is 0.104 e. The van der Waals surface area contributed by atoms with Gasteiger partial charge in [0.1, 0.15) is 5.60 Å². The molecular formula is C23H27N3O. The van der Waals surface area contributed by atoms with Gasteiger partial charge in [0.15, 0.2) is 0 Å². The van der Waals surface area contributed by atoms with Gasteiger partial charge in [0.25, 0.3) is 0 Å². The Bertz CT molecular complexity index is 962. The van der Waals surface area contributed by atoms with Crippen LogP contribution in [0.3, 0.4) is 0 Å². The first kappa shape index (κ1) is 18.0. The lowest BCUT2D eigenvalue weighted by atomic mass is 9.89. The van der Waals surface area contributed by atoms with E-state index in [2.05, 4.69) is 66.2 Å². The van der Waals surface area contributed by atoms with Crippen molar-refractivity contribution < 1.29 is 5.11 Å². The Kier molecular flexibility index (Phi) is 4.62. The normalized spacial score (nSPS) is 20.3. The summed E-state index contributed by atoms with van der Waals surface area (Å²) in [7, 11) is 0. The maximum Gasteiger partial charge on any atom is 0.104 e. The highest BCUT2D eigenvalue weighted by Gasteiger charge is 2.38. The van der Waals surface area contributed by atoms with E-state index in [9.17, 15) is 5.11 Å². The predicted octanol–water partition coefficient (Wildman–Crippen LogP) is 4.10. The molecular weight excluding hydrogens is 334 g/mol. The van der Waals surface area contributed by atoms with E-state index >= 15 is 0 Å². The number of hydrogen-bond acceptors (Lipinski definition) is 3. The Morgan fingerprint density at radius 3 is 2.67 bits per heavy atom. The van der Waals surface area contributed by atoms with Gasteiger partial charge in [-0.25, -0.2) is 0 Å². The molecule has 1 atom stereocenters. The van der Waals surface area contributed by atoms with Gasteiger partial charge >= 0.3 is 0 Å². The molecule has 2 heterocycles. The molecule has 0 aliphatic carbocycles. The second-order valence-electron chi connectivity index (χ2n) is 7.88. The molecule has 2 N–H and O–H groups in total. The van der Waals surface area contributed by atoms with Crippen LogP contribution in [-0.2, 0) is 12.1 Å². The summed E-state index contributed by atoms with van der Waals surface area (Å²) in [5.74, 6) is 0. The van der Waals surface area contributed by atoms with Crippen LogP contribution in [0.25, 0.3) is 11.3 Å². The van der Waals surface area contributed by atoms with Gasteiger partial charge < -0.3 is 5.11 Å². The minimum absolute atomic E-state index is 0.648. The highest BCUT2D eigenvalue weighted by atomic mass is 16.3. The predicted molar refractivity (Wildman–Crippen MR) is 108 cm³/mol. The van der Waals surface area contributed by atoms with Crippen LogP contribution in [0.2, 0.25) is 0 Å². The Labute approximate surface area is 160 Å². The first-order valence-electron chi connectivity index (χ1n) is 9.57. The first-order chi connectivity index (χ1) is 13.0. The van der Waals surface area contributed by atoms with E-state index < -0.39 is 5.60 Å². The van der Waals surface area contributed by atoms with Crippen molar-refractivity contribution in [3.8, 4) is 11.3 Å². The molecule has 0 spiro atoms. The molecule has 0 bridgehead atoms. The number of benzene rings is 2. The zero-order valence-electron chi connectivity index (χ0n) is 16.3. The maximum absolute atomic E-state index is 11.2. The topological polar surface area (TPSA) is 52.2 Å². The van der Waals surface area contributed by atoms with Crippen LogP contribution >= 0.6 is 0 Å². The van der Waals surface area contributed by atoms with Crippen LogP contribution in [0.5, 0.6) is 0 Å². The fraction of sp³-hybridized carbons (Fsp3) is 0.348. The van der Waals surface area contributed by atoms with Crippen molar-refractivity contribution in [3.63, 3.8) is 0 Å². The molecule has 140 valence electrons. The third kappa shape index (κ3) is 3.43. The summed E-state index contributed by atoms with van der Waals surface area (Å²) in [4.78, 5) is 2.32. The van der Waals surface area contributed by atoms with E-state index in [0.717, 1.165) is 36.3 Å². The molecule has 1 aliphatic rings. The Morgan fingerprint density at radius 2 is 1.89 bits per heavy atom. The molecule has 27 heavy (non-hydrogen) atoms. The fourth-order valence-electron chi connectivity index (χ4n) is 4.14. The van der Waals surface area contributed by atoms with Gasteiger partial charge in [0.2, 0.25) is 0 Å². The zero-order valence-corrected chi connectivity index (χ0v) is 16.3. The highest BCUT2D eigenvalue weighted by Crippen LogP contribution is 2.35. The molecule has 1 saturated heterocycles. The van der Waals surface area contributed by atoms with Gasteiger partial charge in [0, 0.05) is 30.8 Å². The summed E-state index contributed by atoms with van der Waals surface area (Å²) in [6.45, 7) is 8.65. The van der Waals surface area contributed by atoms with Crippen molar-refractivity contribution in [1.82, 2.24) is 15.1 Å². The van der Waals surface area contributed by atoms with Gasteiger partial charge in [-0.15, -0.1) is 0 Å². The third-order valence-corrected chi connectivity index (χ3v) is 5.88. The lowest BCUT2D eigenvalue weighted by molar-refractivity contribution is 0.0447. The van der Waals surface area contributed by atoms with Crippen LogP contribution in [0.4, 0.5) is 0 Å². The molecule has 4 nitrogen and oxygen atoms in total. The van der Waals surface area contributed by atoms with E-state index in [-0.39, 0.29) is 0 Å². The van der Waals surface area contributed by atoms with Crippen molar-refractivity contribution in [3.05, 3.63) is 76.5 Å². The van der Waals surface area contributed by atoms with Crippen LogP contribution in [-0.4, -0.2) is 33.3 Å². The molecule has 1 fully saturated rings. The van der Waals surface area contributed by atoms with Crippen molar-refractivity contribution in [2.75, 3.05) is 13.1 Å².